The van der Waals surface area contributed by atoms with Crippen molar-refractivity contribution in [2.75, 3.05) is 18.0 Å². The predicted molar refractivity (Wildman–Crippen MR) is 97.8 cm³/mol. The van der Waals surface area contributed by atoms with Gasteiger partial charge in [0, 0.05) is 42.6 Å². The maximum atomic E-state index is 5.56. The van der Waals surface area contributed by atoms with E-state index in [2.05, 4.69) is 37.1 Å². The van der Waals surface area contributed by atoms with Crippen LogP contribution in [0.2, 0.25) is 0 Å². The van der Waals surface area contributed by atoms with Gasteiger partial charge in [-0.05, 0) is 43.2 Å². The first kappa shape index (κ1) is 15.1. The lowest BCUT2D eigenvalue weighted by molar-refractivity contribution is 0.333. The normalized spacial score (nSPS) is 17.7. The number of H-pyrrole nitrogens is 1. The van der Waals surface area contributed by atoms with E-state index in [-0.39, 0.29) is 5.92 Å². The molecule has 1 aliphatic rings. The minimum absolute atomic E-state index is 0.211. The largest absolute Gasteiger partial charge is 0.356 e. The van der Waals surface area contributed by atoms with Gasteiger partial charge < -0.3 is 14.4 Å². The van der Waals surface area contributed by atoms with Gasteiger partial charge in [-0.1, -0.05) is 5.16 Å². The molecule has 0 bridgehead atoms. The van der Waals surface area contributed by atoms with Crippen LogP contribution in [0.25, 0.3) is 22.4 Å². The van der Waals surface area contributed by atoms with Gasteiger partial charge in [-0.3, -0.25) is 4.98 Å². The van der Waals surface area contributed by atoms with Crippen LogP contribution in [0.1, 0.15) is 24.7 Å². The molecule has 7 heteroatoms. The van der Waals surface area contributed by atoms with Crippen molar-refractivity contribution >= 4 is 16.9 Å². The second kappa shape index (κ2) is 6.25. The number of hydrogen-bond donors (Lipinski definition) is 1. The van der Waals surface area contributed by atoms with Gasteiger partial charge in [-0.25, -0.2) is 4.98 Å². The van der Waals surface area contributed by atoms with Crippen molar-refractivity contribution in [2.45, 2.75) is 18.8 Å². The fourth-order valence-corrected chi connectivity index (χ4v) is 3.50. The van der Waals surface area contributed by atoms with Gasteiger partial charge in [0.2, 0.25) is 11.7 Å². The topological polar surface area (TPSA) is 83.7 Å². The summed E-state index contributed by atoms with van der Waals surface area (Å²) in [6.45, 7) is 1.81. The number of hydrogen-bond acceptors (Lipinski definition) is 6. The molecule has 0 saturated carbocycles. The quantitative estimate of drug-likeness (QED) is 0.612. The van der Waals surface area contributed by atoms with Crippen molar-refractivity contribution in [3.8, 4) is 11.4 Å². The first-order valence-corrected chi connectivity index (χ1v) is 8.80. The molecule has 0 aliphatic carbocycles. The first-order valence-electron chi connectivity index (χ1n) is 8.80. The van der Waals surface area contributed by atoms with E-state index in [9.17, 15) is 0 Å². The highest BCUT2D eigenvalue weighted by Crippen LogP contribution is 2.30. The molecule has 0 spiro atoms. The Hall–Kier alpha value is -3.22. The summed E-state index contributed by atoms with van der Waals surface area (Å²) in [7, 11) is 0. The number of aromatic nitrogens is 5. The Morgan fingerprint density at radius 1 is 1.15 bits per heavy atom. The predicted octanol–water partition coefficient (Wildman–Crippen LogP) is 3.39. The third-order valence-corrected chi connectivity index (χ3v) is 4.85. The zero-order chi connectivity index (χ0) is 17.3. The summed E-state index contributed by atoms with van der Waals surface area (Å²) in [6, 6.07) is 10.0. The van der Waals surface area contributed by atoms with E-state index in [1.165, 1.54) is 0 Å². The van der Waals surface area contributed by atoms with E-state index < -0.39 is 0 Å². The Balaban J connectivity index is 1.38. The molecular weight excluding hydrogens is 328 g/mol. The molecule has 5 rings (SSSR count). The van der Waals surface area contributed by atoms with Gasteiger partial charge in [0.1, 0.15) is 11.5 Å². The van der Waals surface area contributed by atoms with Crippen LogP contribution in [0.3, 0.4) is 0 Å². The summed E-state index contributed by atoms with van der Waals surface area (Å²) >= 11 is 0. The van der Waals surface area contributed by atoms with Crippen LogP contribution in [-0.4, -0.2) is 38.2 Å². The molecule has 0 radical (unpaired) electrons. The minimum atomic E-state index is 0.211. The summed E-state index contributed by atoms with van der Waals surface area (Å²) in [4.78, 5) is 18.9. The summed E-state index contributed by atoms with van der Waals surface area (Å²) in [6.07, 6.45) is 7.50. The Bertz CT molecular complexity index is 1020. The highest BCUT2D eigenvalue weighted by Gasteiger charge is 2.27. The number of nitrogens with zero attached hydrogens (tertiary/aromatic N) is 5. The molecule has 1 fully saturated rings. The van der Waals surface area contributed by atoms with Gasteiger partial charge in [-0.2, -0.15) is 4.98 Å². The second-order valence-corrected chi connectivity index (χ2v) is 6.57. The average molecular weight is 346 g/mol. The zero-order valence-corrected chi connectivity index (χ0v) is 14.2. The number of fused-ring (bicyclic) bond motifs is 1. The summed E-state index contributed by atoms with van der Waals surface area (Å²) in [5.41, 5.74) is 1.79. The molecule has 1 saturated heterocycles. The fraction of sp³-hybridized carbons (Fsp3) is 0.263. The number of piperidine rings is 1. The number of anilines is 1. The Kier molecular flexibility index (Phi) is 3.62. The van der Waals surface area contributed by atoms with Crippen LogP contribution < -0.4 is 4.90 Å². The number of pyridine rings is 2. The molecule has 0 unspecified atom stereocenters. The highest BCUT2D eigenvalue weighted by molar-refractivity contribution is 5.77. The Morgan fingerprint density at radius 2 is 2.15 bits per heavy atom. The number of rotatable bonds is 3. The molecule has 26 heavy (non-hydrogen) atoms. The van der Waals surface area contributed by atoms with Crippen molar-refractivity contribution in [3.63, 3.8) is 0 Å². The van der Waals surface area contributed by atoms with Gasteiger partial charge in [0.05, 0.1) is 5.92 Å². The molecule has 5 heterocycles. The first-order chi connectivity index (χ1) is 12.9. The molecule has 1 aliphatic heterocycles. The molecule has 7 nitrogen and oxygen atoms in total. The fourth-order valence-electron chi connectivity index (χ4n) is 3.50. The summed E-state index contributed by atoms with van der Waals surface area (Å²) in [5, 5.41) is 5.25. The van der Waals surface area contributed by atoms with Crippen LogP contribution in [-0.2, 0) is 0 Å². The van der Waals surface area contributed by atoms with Crippen LogP contribution in [0, 0.1) is 0 Å². The number of nitrogens with one attached hydrogen (secondary N) is 1. The third kappa shape index (κ3) is 2.71. The van der Waals surface area contributed by atoms with E-state index >= 15 is 0 Å². The Morgan fingerprint density at radius 3 is 3.08 bits per heavy atom. The van der Waals surface area contributed by atoms with Crippen LogP contribution in [0.4, 0.5) is 5.82 Å². The standard InChI is InChI=1S/C19H18N6O/c1-3-14(11-20-8-1)18-23-19(26-24-18)15-4-2-10-25(12-15)16-6-5-13-7-9-21-17(13)22-16/h1,3,5-9,11,15H,2,4,10,12H2,(H,21,22)/t15-/m1/s1. The van der Waals surface area contributed by atoms with Crippen molar-refractivity contribution in [1.82, 2.24) is 25.1 Å². The molecule has 1 atom stereocenters. The lowest BCUT2D eigenvalue weighted by atomic mass is 9.98. The van der Waals surface area contributed by atoms with Crippen LogP contribution in [0.5, 0.6) is 0 Å². The molecule has 0 aromatic carbocycles. The van der Waals surface area contributed by atoms with E-state index in [0.29, 0.717) is 11.7 Å². The molecule has 0 amide bonds. The van der Waals surface area contributed by atoms with Gasteiger partial charge >= 0.3 is 0 Å². The second-order valence-electron chi connectivity index (χ2n) is 6.57. The van der Waals surface area contributed by atoms with Gasteiger partial charge in [0.25, 0.3) is 0 Å². The zero-order valence-electron chi connectivity index (χ0n) is 14.2. The minimum Gasteiger partial charge on any atom is -0.356 e. The van der Waals surface area contributed by atoms with Gasteiger partial charge in [0.15, 0.2) is 0 Å². The maximum absolute atomic E-state index is 5.56. The maximum Gasteiger partial charge on any atom is 0.231 e. The summed E-state index contributed by atoms with van der Waals surface area (Å²) < 4.78 is 5.56. The van der Waals surface area contributed by atoms with E-state index in [0.717, 1.165) is 48.3 Å². The smallest absolute Gasteiger partial charge is 0.231 e. The van der Waals surface area contributed by atoms with Crippen molar-refractivity contribution < 1.29 is 4.52 Å². The van der Waals surface area contributed by atoms with Crippen LogP contribution in [0.15, 0.2) is 53.4 Å². The van der Waals surface area contributed by atoms with Crippen molar-refractivity contribution in [1.29, 1.82) is 0 Å². The summed E-state index contributed by atoms with van der Waals surface area (Å²) in [5.74, 6) is 2.48. The van der Waals surface area contributed by atoms with E-state index in [1.54, 1.807) is 12.4 Å². The molecular formula is C19H18N6O. The lowest BCUT2D eigenvalue weighted by Crippen LogP contribution is -2.35. The SMILES string of the molecule is c1cncc(-c2noc([C@@H]3CCCN(c4ccc5cc[nH]c5n4)C3)n2)c1. The van der Waals surface area contributed by atoms with E-state index in [1.807, 2.05) is 24.4 Å². The number of aromatic amines is 1. The Labute approximate surface area is 150 Å². The molecule has 4 aromatic rings. The van der Waals surface area contributed by atoms with E-state index in [4.69, 9.17) is 9.51 Å². The monoisotopic (exact) mass is 346 g/mol. The average Bonchev–Trinajstić information content (AvgIpc) is 3.38. The lowest BCUT2D eigenvalue weighted by Gasteiger charge is -2.31. The van der Waals surface area contributed by atoms with Crippen LogP contribution >= 0.6 is 0 Å². The third-order valence-electron chi connectivity index (χ3n) is 4.85. The van der Waals surface area contributed by atoms with Crippen molar-refractivity contribution in [2.24, 2.45) is 0 Å². The highest BCUT2D eigenvalue weighted by atomic mass is 16.5. The van der Waals surface area contributed by atoms with Gasteiger partial charge in [-0.15, -0.1) is 0 Å². The molecule has 4 aromatic heterocycles. The molecule has 1 N–H and O–H groups in total. The molecule has 130 valence electrons. The van der Waals surface area contributed by atoms with Crippen molar-refractivity contribution in [3.05, 3.63) is 54.8 Å².